The minimum atomic E-state index is -0.238. The number of anilines is 1. The molecule has 1 aromatic carbocycles. The van der Waals surface area contributed by atoms with E-state index >= 15 is 0 Å². The number of benzene rings is 1. The lowest BCUT2D eigenvalue weighted by Gasteiger charge is -2.26. The van der Waals surface area contributed by atoms with Crippen molar-refractivity contribution in [3.05, 3.63) is 54.2 Å². The molecule has 1 N–H and O–H groups in total. The van der Waals surface area contributed by atoms with Crippen molar-refractivity contribution < 1.29 is 4.79 Å². The highest BCUT2D eigenvalue weighted by molar-refractivity contribution is 7.99. The van der Waals surface area contributed by atoms with Gasteiger partial charge in [0.1, 0.15) is 6.04 Å². The molecule has 2 aromatic rings. The first-order valence-electron chi connectivity index (χ1n) is 8.46. The Morgan fingerprint density at radius 2 is 1.96 bits per heavy atom. The zero-order chi connectivity index (χ0) is 16.8. The molecule has 0 saturated carbocycles. The molecule has 4 nitrogen and oxygen atoms in total. The Hall–Kier alpha value is -1.85. The average molecular weight is 341 g/mol. The number of hydrogen-bond donors (Lipinski definition) is 1. The third-order valence-corrected chi connectivity index (χ3v) is 4.99. The smallest absolute Gasteiger partial charge is 0.246 e. The van der Waals surface area contributed by atoms with Crippen LogP contribution in [0.15, 0.2) is 53.7 Å². The molecule has 1 aliphatic heterocycles. The number of likely N-dealkylation sites (tertiary alicyclic amines) is 1. The molecule has 126 valence electrons. The second-order valence-electron chi connectivity index (χ2n) is 5.86. The molecule has 0 radical (unpaired) electrons. The highest BCUT2D eigenvalue weighted by atomic mass is 32.2. The fraction of sp³-hybridized carbons (Fsp3) is 0.368. The number of nitrogens with zero attached hydrogens (tertiary/aromatic N) is 2. The number of aromatic nitrogens is 1. The minimum Gasteiger partial charge on any atom is -0.323 e. The van der Waals surface area contributed by atoms with Crippen LogP contribution in [0.2, 0.25) is 0 Å². The van der Waals surface area contributed by atoms with Gasteiger partial charge in [0.05, 0.1) is 16.9 Å². The van der Waals surface area contributed by atoms with Gasteiger partial charge in [0.2, 0.25) is 5.91 Å². The predicted octanol–water partition coefficient (Wildman–Crippen LogP) is 3.97. The molecule has 0 aliphatic carbocycles. The average Bonchev–Trinajstić information content (AvgIpc) is 3.12. The molecule has 1 amide bonds. The van der Waals surface area contributed by atoms with Crippen molar-refractivity contribution in [2.45, 2.75) is 30.8 Å². The van der Waals surface area contributed by atoms with Gasteiger partial charge in [0, 0.05) is 0 Å². The van der Waals surface area contributed by atoms with Crippen LogP contribution < -0.4 is 5.32 Å². The van der Waals surface area contributed by atoms with Crippen LogP contribution >= 0.6 is 11.8 Å². The van der Waals surface area contributed by atoms with E-state index in [-0.39, 0.29) is 11.9 Å². The van der Waals surface area contributed by atoms with Crippen molar-refractivity contribution >= 4 is 23.4 Å². The summed E-state index contributed by atoms with van der Waals surface area (Å²) in [5.41, 5.74) is 1.79. The third-order valence-electron chi connectivity index (χ3n) is 4.17. The van der Waals surface area contributed by atoms with E-state index in [4.69, 9.17) is 0 Å². The number of rotatable bonds is 6. The summed E-state index contributed by atoms with van der Waals surface area (Å²) in [7, 11) is 0. The fourth-order valence-electron chi connectivity index (χ4n) is 3.06. The minimum absolute atomic E-state index is 0.0146. The number of carbonyl (C=O) groups is 1. The highest BCUT2D eigenvalue weighted by Crippen LogP contribution is 2.26. The van der Waals surface area contributed by atoms with Crippen LogP contribution in [0.25, 0.3) is 0 Å². The Kier molecular flexibility index (Phi) is 5.88. The zero-order valence-corrected chi connectivity index (χ0v) is 14.8. The monoisotopic (exact) mass is 341 g/mol. The number of nitrogens with one attached hydrogen (secondary N) is 1. The summed E-state index contributed by atoms with van der Waals surface area (Å²) in [6.45, 7) is 4.04. The van der Waals surface area contributed by atoms with Gasteiger partial charge < -0.3 is 5.32 Å². The summed E-state index contributed by atoms with van der Waals surface area (Å²) in [6, 6.07) is 13.7. The lowest BCUT2D eigenvalue weighted by molar-refractivity contribution is -0.121. The van der Waals surface area contributed by atoms with E-state index in [2.05, 4.69) is 22.1 Å². The van der Waals surface area contributed by atoms with Crippen molar-refractivity contribution in [1.82, 2.24) is 9.88 Å². The SMILES string of the molecule is CCSc1ccc(NC(=O)C(c2ccccc2)N2CCCC2)cn1. The number of hydrogen-bond acceptors (Lipinski definition) is 4. The van der Waals surface area contributed by atoms with Crippen molar-refractivity contribution in [1.29, 1.82) is 0 Å². The Morgan fingerprint density at radius 3 is 2.58 bits per heavy atom. The topological polar surface area (TPSA) is 45.2 Å². The second-order valence-corrected chi connectivity index (χ2v) is 7.15. The molecule has 1 saturated heterocycles. The Balaban J connectivity index is 1.76. The summed E-state index contributed by atoms with van der Waals surface area (Å²) in [6.07, 6.45) is 4.05. The maximum atomic E-state index is 12.9. The molecular formula is C19H23N3OS. The molecule has 1 unspecified atom stereocenters. The molecule has 1 atom stereocenters. The van der Waals surface area contributed by atoms with E-state index in [9.17, 15) is 4.79 Å². The van der Waals surface area contributed by atoms with Crippen LogP contribution in [-0.4, -0.2) is 34.6 Å². The largest absolute Gasteiger partial charge is 0.323 e. The number of amides is 1. The van der Waals surface area contributed by atoms with Gasteiger partial charge >= 0.3 is 0 Å². The third kappa shape index (κ3) is 4.16. The number of thioether (sulfide) groups is 1. The summed E-state index contributed by atoms with van der Waals surface area (Å²) in [5, 5.41) is 4.02. The molecule has 0 bridgehead atoms. The Bertz CT molecular complexity index is 654. The van der Waals surface area contributed by atoms with E-state index < -0.39 is 0 Å². The molecule has 2 heterocycles. The molecule has 1 fully saturated rings. The van der Waals surface area contributed by atoms with E-state index in [1.165, 1.54) is 0 Å². The van der Waals surface area contributed by atoms with E-state index in [0.29, 0.717) is 0 Å². The molecule has 24 heavy (non-hydrogen) atoms. The van der Waals surface area contributed by atoms with Gasteiger partial charge in [0.15, 0.2) is 0 Å². The lowest BCUT2D eigenvalue weighted by atomic mass is 10.0. The first-order valence-corrected chi connectivity index (χ1v) is 9.45. The first kappa shape index (κ1) is 17.0. The van der Waals surface area contributed by atoms with Gasteiger partial charge in [-0.3, -0.25) is 9.69 Å². The van der Waals surface area contributed by atoms with Crippen LogP contribution in [-0.2, 0) is 4.79 Å². The van der Waals surface area contributed by atoms with E-state index in [1.807, 2.05) is 42.5 Å². The fourth-order valence-corrected chi connectivity index (χ4v) is 3.65. The van der Waals surface area contributed by atoms with Crippen molar-refractivity contribution in [3.63, 3.8) is 0 Å². The first-order chi connectivity index (χ1) is 11.8. The Morgan fingerprint density at radius 1 is 1.21 bits per heavy atom. The van der Waals surface area contributed by atoms with Gasteiger partial charge in [-0.05, 0) is 49.4 Å². The van der Waals surface area contributed by atoms with Crippen molar-refractivity contribution in [2.75, 3.05) is 24.2 Å². The quantitative estimate of drug-likeness (QED) is 0.808. The normalized spacial score (nSPS) is 16.0. The molecule has 1 aromatic heterocycles. The van der Waals surface area contributed by atoms with E-state index in [0.717, 1.165) is 48.0 Å². The zero-order valence-electron chi connectivity index (χ0n) is 13.9. The molecule has 3 rings (SSSR count). The van der Waals surface area contributed by atoms with Gasteiger partial charge in [0.25, 0.3) is 0 Å². The van der Waals surface area contributed by atoms with Gasteiger partial charge in [-0.25, -0.2) is 4.98 Å². The van der Waals surface area contributed by atoms with Gasteiger partial charge in [-0.15, -0.1) is 11.8 Å². The maximum absolute atomic E-state index is 12.9. The molecule has 1 aliphatic rings. The van der Waals surface area contributed by atoms with Crippen LogP contribution in [0.1, 0.15) is 31.4 Å². The highest BCUT2D eigenvalue weighted by Gasteiger charge is 2.29. The number of carbonyl (C=O) groups excluding carboxylic acids is 1. The summed E-state index contributed by atoms with van der Waals surface area (Å²) in [4.78, 5) is 19.6. The summed E-state index contributed by atoms with van der Waals surface area (Å²) >= 11 is 1.69. The van der Waals surface area contributed by atoms with Crippen LogP contribution in [0.4, 0.5) is 5.69 Å². The van der Waals surface area contributed by atoms with Crippen LogP contribution in [0, 0.1) is 0 Å². The Labute approximate surface area is 147 Å². The van der Waals surface area contributed by atoms with Crippen LogP contribution in [0.3, 0.4) is 0 Å². The number of pyridine rings is 1. The standard InChI is InChI=1S/C19H23N3OS/c1-2-24-17-11-10-16(14-20-17)21-19(23)18(22-12-6-7-13-22)15-8-4-3-5-9-15/h3-5,8-11,14,18H,2,6-7,12-13H2,1H3,(H,21,23). The molecular weight excluding hydrogens is 318 g/mol. The van der Waals surface area contributed by atoms with Gasteiger partial charge in [-0.2, -0.15) is 0 Å². The van der Waals surface area contributed by atoms with Gasteiger partial charge in [-0.1, -0.05) is 37.3 Å². The summed E-state index contributed by atoms with van der Waals surface area (Å²) in [5.74, 6) is 1.00. The predicted molar refractivity (Wildman–Crippen MR) is 99.3 cm³/mol. The van der Waals surface area contributed by atoms with Crippen LogP contribution in [0.5, 0.6) is 0 Å². The second kappa shape index (κ2) is 8.31. The lowest BCUT2D eigenvalue weighted by Crippen LogP contribution is -2.35. The molecule has 5 heteroatoms. The maximum Gasteiger partial charge on any atom is 0.246 e. The summed E-state index contributed by atoms with van der Waals surface area (Å²) < 4.78 is 0. The van der Waals surface area contributed by atoms with Crippen molar-refractivity contribution in [2.24, 2.45) is 0 Å². The van der Waals surface area contributed by atoms with Crippen molar-refractivity contribution in [3.8, 4) is 0 Å². The molecule has 0 spiro atoms. The van der Waals surface area contributed by atoms with E-state index in [1.54, 1.807) is 18.0 Å².